The van der Waals surface area contributed by atoms with Gasteiger partial charge in [-0.3, -0.25) is 4.79 Å². The van der Waals surface area contributed by atoms with E-state index in [1.165, 1.54) is 31.3 Å². The Bertz CT molecular complexity index is 1380. The third-order valence-corrected chi connectivity index (χ3v) is 11.2. The molecule has 0 spiro atoms. The highest BCUT2D eigenvalue weighted by Gasteiger charge is 2.52. The Morgan fingerprint density at radius 2 is 1.59 bits per heavy atom. The van der Waals surface area contributed by atoms with Crippen molar-refractivity contribution in [2.75, 3.05) is 31.8 Å². The maximum absolute atomic E-state index is 13.3. The number of thiophene rings is 1. The quantitative estimate of drug-likeness (QED) is 0.317. The number of benzene rings is 1. The van der Waals surface area contributed by atoms with E-state index in [1.54, 1.807) is 45.3 Å². The number of amides is 1. The van der Waals surface area contributed by atoms with Crippen molar-refractivity contribution in [3.8, 4) is 0 Å². The van der Waals surface area contributed by atoms with Gasteiger partial charge in [-0.25, -0.2) is 17.9 Å². The lowest BCUT2D eigenvalue weighted by Gasteiger charge is -2.56. The smallest absolute Gasteiger partial charge is 0.341 e. The normalized spacial score (nSPS) is 25.3. The topological polar surface area (TPSA) is 117 Å². The Balaban J connectivity index is 1.27. The number of nitrogens with one attached hydrogen (secondary N) is 3. The molecule has 1 heterocycles. The highest BCUT2D eigenvalue weighted by atomic mass is 32.2. The molecule has 0 unspecified atom stereocenters. The molecule has 4 fully saturated rings. The largest absolute Gasteiger partial charge is 0.465 e. The molecule has 1 aromatic carbocycles. The second-order valence-corrected chi connectivity index (χ2v) is 14.5. The third kappa shape index (κ3) is 5.57. The van der Waals surface area contributed by atoms with Crippen LogP contribution in [0.1, 0.15) is 64.1 Å². The molecule has 0 radical (unpaired) electrons. The van der Waals surface area contributed by atoms with E-state index in [2.05, 4.69) is 15.4 Å². The number of anilines is 2. The Kier molecular flexibility index (Phi) is 7.51. The van der Waals surface area contributed by atoms with E-state index in [1.807, 2.05) is 0 Å². The van der Waals surface area contributed by atoms with Crippen LogP contribution in [0, 0.1) is 24.7 Å². The Labute approximate surface area is 238 Å². The van der Waals surface area contributed by atoms with Crippen LogP contribution in [0.4, 0.5) is 10.7 Å². The fraction of sp³-hybridized carbons (Fsp3) is 0.519. The van der Waals surface area contributed by atoms with Crippen LogP contribution in [0.25, 0.3) is 0 Å². The molecule has 210 valence electrons. The van der Waals surface area contributed by atoms with E-state index in [0.717, 1.165) is 30.6 Å². The molecule has 4 bridgehead atoms. The van der Waals surface area contributed by atoms with Crippen molar-refractivity contribution in [1.29, 1.82) is 0 Å². The fourth-order valence-corrected chi connectivity index (χ4v) is 9.86. The van der Waals surface area contributed by atoms with Gasteiger partial charge in [-0.2, -0.15) is 0 Å². The van der Waals surface area contributed by atoms with Gasteiger partial charge < -0.3 is 20.3 Å². The molecule has 39 heavy (non-hydrogen) atoms. The zero-order valence-electron chi connectivity index (χ0n) is 22.5. The molecule has 4 saturated carbocycles. The summed E-state index contributed by atoms with van der Waals surface area (Å²) in [5.41, 5.74) is 1.03. The standard InChI is InChI=1S/C27H34N4O5S3/c1-15-21(25(33)36-4)23(38-22(15)24(32)31(2)3)29-26(37)28-19-5-7-20(8-6-19)39(34,35)30-27-12-16-9-17(13-27)11-18(10-16)14-27/h5-8,16-18,30H,9-14H2,1-4H3,(H2,28,29,37). The lowest BCUT2D eigenvalue weighted by atomic mass is 9.53. The van der Waals surface area contributed by atoms with Crippen LogP contribution in [0.2, 0.25) is 0 Å². The van der Waals surface area contributed by atoms with E-state index in [0.29, 0.717) is 38.9 Å². The average Bonchev–Trinajstić information content (AvgIpc) is 3.16. The monoisotopic (exact) mass is 590 g/mol. The maximum atomic E-state index is 13.3. The summed E-state index contributed by atoms with van der Waals surface area (Å²) in [6, 6.07) is 6.45. The van der Waals surface area contributed by atoms with Crippen LogP contribution in [-0.4, -0.2) is 57.1 Å². The minimum atomic E-state index is -3.66. The molecule has 1 amide bonds. The van der Waals surface area contributed by atoms with E-state index in [9.17, 15) is 18.0 Å². The second kappa shape index (κ2) is 10.5. The minimum absolute atomic E-state index is 0.188. The number of hydrogen-bond acceptors (Lipinski definition) is 7. The van der Waals surface area contributed by atoms with Gasteiger partial charge >= 0.3 is 5.97 Å². The Morgan fingerprint density at radius 1 is 1.03 bits per heavy atom. The first-order valence-corrected chi connectivity index (χ1v) is 15.8. The van der Waals surface area contributed by atoms with Crippen molar-refractivity contribution in [2.45, 2.75) is 55.9 Å². The first-order chi connectivity index (χ1) is 18.4. The lowest BCUT2D eigenvalue weighted by Crippen LogP contribution is -2.59. The van der Waals surface area contributed by atoms with Gasteiger partial charge in [0.05, 0.1) is 22.4 Å². The van der Waals surface area contributed by atoms with Gasteiger partial charge in [0.2, 0.25) is 10.0 Å². The van der Waals surface area contributed by atoms with Crippen LogP contribution >= 0.6 is 23.6 Å². The Morgan fingerprint density at radius 3 is 2.10 bits per heavy atom. The first kappa shape index (κ1) is 28.0. The van der Waals surface area contributed by atoms with Crippen molar-refractivity contribution in [1.82, 2.24) is 9.62 Å². The summed E-state index contributed by atoms with van der Waals surface area (Å²) in [4.78, 5) is 27.1. The molecular formula is C27H34N4O5S3. The number of nitrogens with zero attached hydrogens (tertiary/aromatic N) is 1. The Hall–Kier alpha value is -2.54. The number of esters is 1. The van der Waals surface area contributed by atoms with Crippen LogP contribution < -0.4 is 15.4 Å². The molecule has 6 rings (SSSR count). The van der Waals surface area contributed by atoms with E-state index < -0.39 is 16.0 Å². The van der Waals surface area contributed by atoms with Crippen molar-refractivity contribution in [3.63, 3.8) is 0 Å². The van der Waals surface area contributed by atoms with Crippen molar-refractivity contribution >= 4 is 61.3 Å². The fourth-order valence-electron chi connectivity index (χ4n) is 6.92. The average molecular weight is 591 g/mol. The number of methoxy groups -OCH3 is 1. The third-order valence-electron chi connectivity index (χ3n) is 8.18. The molecule has 4 aliphatic carbocycles. The summed E-state index contributed by atoms with van der Waals surface area (Å²) >= 11 is 6.57. The van der Waals surface area contributed by atoms with Gasteiger partial charge in [0.25, 0.3) is 5.91 Å². The highest BCUT2D eigenvalue weighted by molar-refractivity contribution is 7.89. The van der Waals surface area contributed by atoms with Gasteiger partial charge in [-0.05, 0) is 105 Å². The van der Waals surface area contributed by atoms with Gasteiger partial charge in [-0.15, -0.1) is 11.3 Å². The first-order valence-electron chi connectivity index (χ1n) is 13.0. The van der Waals surface area contributed by atoms with Gasteiger partial charge in [0.1, 0.15) is 5.00 Å². The SMILES string of the molecule is COC(=O)c1c(NC(=S)Nc2ccc(S(=O)(=O)NC34CC5CC(CC(C5)C3)C4)cc2)sc(C(=O)N(C)C)c1C. The number of carbonyl (C=O) groups excluding carboxylic acids is 2. The zero-order valence-corrected chi connectivity index (χ0v) is 24.9. The summed E-state index contributed by atoms with van der Waals surface area (Å²) in [6.45, 7) is 1.69. The van der Waals surface area contributed by atoms with Gasteiger partial charge in [0.15, 0.2) is 5.11 Å². The van der Waals surface area contributed by atoms with E-state index in [4.69, 9.17) is 17.0 Å². The van der Waals surface area contributed by atoms with Crippen LogP contribution in [0.3, 0.4) is 0 Å². The van der Waals surface area contributed by atoms with Crippen LogP contribution in [-0.2, 0) is 14.8 Å². The molecule has 0 aliphatic heterocycles. The van der Waals surface area contributed by atoms with Crippen LogP contribution in [0.5, 0.6) is 0 Å². The molecule has 4 aliphatic rings. The van der Waals surface area contributed by atoms with Crippen molar-refractivity contribution in [2.24, 2.45) is 17.8 Å². The van der Waals surface area contributed by atoms with Gasteiger partial charge in [-0.1, -0.05) is 0 Å². The molecule has 1 aromatic heterocycles. The lowest BCUT2D eigenvalue weighted by molar-refractivity contribution is -0.00810. The minimum Gasteiger partial charge on any atom is -0.465 e. The summed E-state index contributed by atoms with van der Waals surface area (Å²) in [7, 11) is 0.895. The molecule has 2 aromatic rings. The predicted octanol–water partition coefficient (Wildman–Crippen LogP) is 4.60. The predicted molar refractivity (Wildman–Crippen MR) is 156 cm³/mol. The van der Waals surface area contributed by atoms with Crippen molar-refractivity contribution < 1.29 is 22.7 Å². The van der Waals surface area contributed by atoms with Crippen LogP contribution in [0.15, 0.2) is 29.2 Å². The highest BCUT2D eigenvalue weighted by Crippen LogP contribution is 2.56. The zero-order chi connectivity index (χ0) is 28.1. The number of sulfonamides is 1. The number of thiocarbonyl (C=S) groups is 1. The summed E-state index contributed by atoms with van der Waals surface area (Å²) in [5, 5.41) is 6.60. The molecule has 9 nitrogen and oxygen atoms in total. The molecule has 12 heteroatoms. The molecular weight excluding hydrogens is 557 g/mol. The number of carbonyl (C=O) groups is 2. The molecule has 3 N–H and O–H groups in total. The molecule has 0 atom stereocenters. The maximum Gasteiger partial charge on any atom is 0.341 e. The van der Waals surface area contributed by atoms with Crippen molar-refractivity contribution in [3.05, 3.63) is 40.3 Å². The van der Waals surface area contributed by atoms with E-state index >= 15 is 0 Å². The van der Waals surface area contributed by atoms with Gasteiger partial charge in [0, 0.05) is 25.3 Å². The second-order valence-electron chi connectivity index (χ2n) is 11.4. The number of hydrogen-bond donors (Lipinski definition) is 3. The number of ether oxygens (including phenoxy) is 1. The van der Waals surface area contributed by atoms with E-state index in [-0.39, 0.29) is 27.0 Å². The summed E-state index contributed by atoms with van der Waals surface area (Å²) in [5.74, 6) is 1.12. The summed E-state index contributed by atoms with van der Waals surface area (Å²) < 4.78 is 34.6. The molecule has 0 saturated heterocycles. The number of rotatable bonds is 7. The summed E-state index contributed by atoms with van der Waals surface area (Å²) in [6.07, 6.45) is 6.55.